The molecule has 0 saturated carbocycles. The Balaban J connectivity index is 1.68. The summed E-state index contributed by atoms with van der Waals surface area (Å²) >= 11 is 0. The van der Waals surface area contributed by atoms with Crippen molar-refractivity contribution >= 4 is 17.4 Å². The molecule has 0 bridgehead atoms. The maximum Gasteiger partial charge on any atom is 0.272 e. The van der Waals surface area contributed by atoms with E-state index in [1.54, 1.807) is 6.07 Å². The highest BCUT2D eigenvalue weighted by molar-refractivity contribution is 5.93. The number of carbonyl (C=O) groups excluding carboxylic acids is 1. The fourth-order valence-corrected chi connectivity index (χ4v) is 3.38. The number of carbonyl (C=O) groups is 1. The van der Waals surface area contributed by atoms with Crippen LogP contribution in [-0.2, 0) is 0 Å². The van der Waals surface area contributed by atoms with Crippen molar-refractivity contribution in [3.8, 4) is 11.4 Å². The van der Waals surface area contributed by atoms with Gasteiger partial charge >= 0.3 is 0 Å². The summed E-state index contributed by atoms with van der Waals surface area (Å²) in [6.07, 6.45) is 2.08. The highest BCUT2D eigenvalue weighted by atomic mass is 16.2. The van der Waals surface area contributed by atoms with Crippen LogP contribution < -0.4 is 5.32 Å². The fourth-order valence-electron chi connectivity index (χ4n) is 3.38. The molecule has 5 heteroatoms. The van der Waals surface area contributed by atoms with E-state index in [0.717, 1.165) is 37.2 Å². The molecule has 1 fully saturated rings. The van der Waals surface area contributed by atoms with Crippen LogP contribution in [-0.4, -0.2) is 33.9 Å². The van der Waals surface area contributed by atoms with E-state index in [1.165, 1.54) is 0 Å². The zero-order chi connectivity index (χ0) is 19.3. The highest BCUT2D eigenvalue weighted by Gasteiger charge is 2.23. The summed E-state index contributed by atoms with van der Waals surface area (Å²) in [5, 5.41) is 3.30. The summed E-state index contributed by atoms with van der Waals surface area (Å²) in [5.41, 5.74) is 2.24. The van der Waals surface area contributed by atoms with Crippen LogP contribution >= 0.6 is 0 Å². The van der Waals surface area contributed by atoms with Gasteiger partial charge in [0, 0.05) is 30.4 Å². The SMILES string of the molecule is CC1CCN(C(=O)c2cc(Nc3ccccc3)nc(-c3ccccc3)n2)CC1. The predicted molar refractivity (Wildman–Crippen MR) is 111 cm³/mol. The Kier molecular flexibility index (Phi) is 5.33. The molecule has 1 aliphatic rings. The Morgan fingerprint density at radius 1 is 0.964 bits per heavy atom. The van der Waals surface area contributed by atoms with Gasteiger partial charge in [-0.05, 0) is 30.9 Å². The molecule has 0 atom stereocenters. The molecule has 28 heavy (non-hydrogen) atoms. The van der Waals surface area contributed by atoms with Gasteiger partial charge in [-0.25, -0.2) is 9.97 Å². The molecule has 3 aromatic rings. The molecule has 4 rings (SSSR count). The van der Waals surface area contributed by atoms with E-state index in [1.807, 2.05) is 65.6 Å². The summed E-state index contributed by atoms with van der Waals surface area (Å²) < 4.78 is 0. The smallest absolute Gasteiger partial charge is 0.272 e. The minimum atomic E-state index is -0.0254. The first-order valence-electron chi connectivity index (χ1n) is 9.75. The van der Waals surface area contributed by atoms with Crippen molar-refractivity contribution in [3.63, 3.8) is 0 Å². The summed E-state index contributed by atoms with van der Waals surface area (Å²) in [7, 11) is 0. The number of amides is 1. The number of rotatable bonds is 4. The Labute approximate surface area is 165 Å². The van der Waals surface area contributed by atoms with Crippen LogP contribution in [0.3, 0.4) is 0 Å². The summed E-state index contributed by atoms with van der Waals surface area (Å²) in [5.74, 6) is 1.82. The number of hydrogen-bond donors (Lipinski definition) is 1. The third-order valence-corrected chi connectivity index (χ3v) is 5.09. The van der Waals surface area contributed by atoms with Gasteiger partial charge < -0.3 is 10.2 Å². The van der Waals surface area contributed by atoms with Gasteiger partial charge in [0.1, 0.15) is 11.5 Å². The Morgan fingerprint density at radius 3 is 2.29 bits per heavy atom. The van der Waals surface area contributed by atoms with Crippen LogP contribution in [0.2, 0.25) is 0 Å². The number of nitrogens with zero attached hydrogens (tertiary/aromatic N) is 3. The van der Waals surface area contributed by atoms with Gasteiger partial charge in [-0.3, -0.25) is 4.79 Å². The van der Waals surface area contributed by atoms with Gasteiger partial charge in [0.2, 0.25) is 0 Å². The normalized spacial score (nSPS) is 14.7. The predicted octanol–water partition coefficient (Wildman–Crippen LogP) is 4.76. The molecule has 1 amide bonds. The van der Waals surface area contributed by atoms with Crippen LogP contribution in [0.1, 0.15) is 30.3 Å². The van der Waals surface area contributed by atoms with Crippen LogP contribution in [0.25, 0.3) is 11.4 Å². The van der Waals surface area contributed by atoms with Crippen molar-refractivity contribution < 1.29 is 4.79 Å². The minimum Gasteiger partial charge on any atom is -0.340 e. The lowest BCUT2D eigenvalue weighted by Gasteiger charge is -2.30. The van der Waals surface area contributed by atoms with Crippen molar-refractivity contribution in [2.24, 2.45) is 5.92 Å². The second kappa shape index (κ2) is 8.21. The number of nitrogens with one attached hydrogen (secondary N) is 1. The molecule has 2 aromatic carbocycles. The lowest BCUT2D eigenvalue weighted by Crippen LogP contribution is -2.38. The molecular formula is C23H24N4O. The largest absolute Gasteiger partial charge is 0.340 e. The van der Waals surface area contributed by atoms with Crippen LogP contribution in [0, 0.1) is 5.92 Å². The Bertz CT molecular complexity index is 935. The molecule has 2 heterocycles. The van der Waals surface area contributed by atoms with Crippen molar-refractivity contribution in [3.05, 3.63) is 72.4 Å². The number of likely N-dealkylation sites (tertiary alicyclic amines) is 1. The van der Waals surface area contributed by atoms with E-state index in [9.17, 15) is 4.79 Å². The number of aromatic nitrogens is 2. The average Bonchev–Trinajstić information content (AvgIpc) is 2.75. The number of anilines is 2. The molecule has 5 nitrogen and oxygen atoms in total. The molecular weight excluding hydrogens is 348 g/mol. The van der Waals surface area contributed by atoms with Crippen molar-refractivity contribution in [1.29, 1.82) is 0 Å². The first-order chi connectivity index (χ1) is 13.7. The first kappa shape index (κ1) is 18.2. The first-order valence-corrected chi connectivity index (χ1v) is 9.75. The van der Waals surface area contributed by atoms with Gasteiger partial charge in [-0.2, -0.15) is 0 Å². The van der Waals surface area contributed by atoms with E-state index < -0.39 is 0 Å². The summed E-state index contributed by atoms with van der Waals surface area (Å²) in [6, 6.07) is 21.3. The topological polar surface area (TPSA) is 58.1 Å². The zero-order valence-corrected chi connectivity index (χ0v) is 16.0. The highest BCUT2D eigenvalue weighted by Crippen LogP contribution is 2.23. The Morgan fingerprint density at radius 2 is 1.61 bits per heavy atom. The standard InChI is InChI=1S/C23H24N4O/c1-17-12-14-27(15-13-17)23(28)20-16-21(24-19-10-6-3-7-11-19)26-22(25-20)18-8-4-2-5-9-18/h2-11,16-17H,12-15H2,1H3,(H,24,25,26). The molecule has 1 aliphatic heterocycles. The summed E-state index contributed by atoms with van der Waals surface area (Å²) in [6.45, 7) is 3.81. The van der Waals surface area contributed by atoms with Gasteiger partial charge in [0.25, 0.3) is 5.91 Å². The van der Waals surface area contributed by atoms with Crippen molar-refractivity contribution in [2.45, 2.75) is 19.8 Å². The molecule has 142 valence electrons. The number of piperidine rings is 1. The quantitative estimate of drug-likeness (QED) is 0.717. The van der Waals surface area contributed by atoms with Gasteiger partial charge in [0.15, 0.2) is 5.82 Å². The molecule has 1 N–H and O–H groups in total. The Hall–Kier alpha value is -3.21. The molecule has 0 unspecified atom stereocenters. The van der Waals surface area contributed by atoms with E-state index in [0.29, 0.717) is 23.3 Å². The average molecular weight is 372 g/mol. The summed E-state index contributed by atoms with van der Waals surface area (Å²) in [4.78, 5) is 24.3. The molecule has 0 radical (unpaired) electrons. The second-order valence-corrected chi connectivity index (χ2v) is 7.29. The van der Waals surface area contributed by atoms with Gasteiger partial charge in [0.05, 0.1) is 0 Å². The van der Waals surface area contributed by atoms with Crippen molar-refractivity contribution in [1.82, 2.24) is 14.9 Å². The van der Waals surface area contributed by atoms with Crippen LogP contribution in [0.4, 0.5) is 11.5 Å². The molecule has 1 saturated heterocycles. The molecule has 0 aliphatic carbocycles. The van der Waals surface area contributed by atoms with Crippen LogP contribution in [0.5, 0.6) is 0 Å². The molecule has 0 spiro atoms. The van der Waals surface area contributed by atoms with Gasteiger partial charge in [-0.1, -0.05) is 55.5 Å². The third-order valence-electron chi connectivity index (χ3n) is 5.09. The van der Waals surface area contributed by atoms with E-state index in [4.69, 9.17) is 0 Å². The lowest BCUT2D eigenvalue weighted by atomic mass is 9.99. The van der Waals surface area contributed by atoms with Crippen LogP contribution in [0.15, 0.2) is 66.7 Å². The zero-order valence-electron chi connectivity index (χ0n) is 16.0. The lowest BCUT2D eigenvalue weighted by molar-refractivity contribution is 0.0691. The number of benzene rings is 2. The van der Waals surface area contributed by atoms with E-state index in [-0.39, 0.29) is 5.91 Å². The second-order valence-electron chi connectivity index (χ2n) is 7.29. The number of hydrogen-bond acceptors (Lipinski definition) is 4. The van der Waals surface area contributed by atoms with Crippen molar-refractivity contribution in [2.75, 3.05) is 18.4 Å². The third kappa shape index (κ3) is 4.19. The number of para-hydroxylation sites is 1. The monoisotopic (exact) mass is 372 g/mol. The van der Waals surface area contributed by atoms with Gasteiger partial charge in [-0.15, -0.1) is 0 Å². The van der Waals surface area contributed by atoms with E-state index >= 15 is 0 Å². The van der Waals surface area contributed by atoms with E-state index in [2.05, 4.69) is 22.2 Å². The minimum absolute atomic E-state index is 0.0254. The molecule has 1 aromatic heterocycles. The maximum atomic E-state index is 13.1. The maximum absolute atomic E-state index is 13.1. The fraction of sp³-hybridized carbons (Fsp3) is 0.261.